The Labute approximate surface area is 162 Å². The lowest BCUT2D eigenvalue weighted by atomic mass is 9.78. The van der Waals surface area contributed by atoms with E-state index >= 15 is 0 Å². The number of hydrogen-bond donors (Lipinski definition) is 3. The van der Waals surface area contributed by atoms with Crippen LogP contribution >= 0.6 is 24.0 Å². The number of thiocarbonyl (C=S) groups is 1. The number of nitrogens with zero attached hydrogens (tertiary/aromatic N) is 1. The van der Waals surface area contributed by atoms with Gasteiger partial charge >= 0.3 is 0 Å². The summed E-state index contributed by atoms with van der Waals surface area (Å²) in [6.45, 7) is 4.48. The van der Waals surface area contributed by atoms with E-state index < -0.39 is 4.92 Å². The molecule has 1 aliphatic carbocycles. The summed E-state index contributed by atoms with van der Waals surface area (Å²) in [4.78, 5) is 22.9. The highest BCUT2D eigenvalue weighted by molar-refractivity contribution is 8.00. The molecule has 0 bridgehead atoms. The fourth-order valence-electron chi connectivity index (χ4n) is 2.97. The number of nitro groups is 1. The maximum atomic E-state index is 11.9. The summed E-state index contributed by atoms with van der Waals surface area (Å²) >= 11 is 6.55. The van der Waals surface area contributed by atoms with Crippen molar-refractivity contribution in [2.45, 2.75) is 44.0 Å². The van der Waals surface area contributed by atoms with Gasteiger partial charge in [0.1, 0.15) is 0 Å². The first-order chi connectivity index (χ1) is 12.4. The van der Waals surface area contributed by atoms with Crippen LogP contribution in [-0.4, -0.2) is 27.7 Å². The minimum atomic E-state index is -0.451. The molecule has 142 valence electrons. The van der Waals surface area contributed by atoms with Gasteiger partial charge in [-0.2, -0.15) is 0 Å². The molecule has 2 rings (SSSR count). The van der Waals surface area contributed by atoms with Crippen LogP contribution in [-0.2, 0) is 4.79 Å². The SMILES string of the molecule is C[C@@H]1[C@@H](C)CCC[C@H]1NC(=S)NNC(=O)CSc1ccc([N+](=O)[O-])cc1. The van der Waals surface area contributed by atoms with Crippen LogP contribution in [0.4, 0.5) is 5.69 Å². The predicted molar refractivity (Wildman–Crippen MR) is 107 cm³/mol. The highest BCUT2D eigenvalue weighted by Crippen LogP contribution is 2.29. The van der Waals surface area contributed by atoms with Gasteiger partial charge in [-0.3, -0.25) is 25.8 Å². The van der Waals surface area contributed by atoms with E-state index in [1.807, 2.05) is 0 Å². The van der Waals surface area contributed by atoms with Gasteiger partial charge in [0.05, 0.1) is 10.7 Å². The maximum absolute atomic E-state index is 11.9. The number of nitrogens with one attached hydrogen (secondary N) is 3. The van der Waals surface area contributed by atoms with Crippen LogP contribution in [0.5, 0.6) is 0 Å². The number of benzene rings is 1. The molecule has 1 fully saturated rings. The lowest BCUT2D eigenvalue weighted by Crippen LogP contribution is -2.52. The molecule has 0 radical (unpaired) electrons. The van der Waals surface area contributed by atoms with Crippen molar-refractivity contribution in [1.29, 1.82) is 0 Å². The zero-order chi connectivity index (χ0) is 19.1. The Kier molecular flexibility index (Phi) is 7.65. The van der Waals surface area contributed by atoms with Crippen molar-refractivity contribution in [3.05, 3.63) is 34.4 Å². The molecule has 0 unspecified atom stereocenters. The second-order valence-electron chi connectivity index (χ2n) is 6.56. The Morgan fingerprint density at radius 2 is 1.96 bits per heavy atom. The largest absolute Gasteiger partial charge is 0.358 e. The van der Waals surface area contributed by atoms with Gasteiger partial charge in [0.25, 0.3) is 5.69 Å². The zero-order valence-corrected chi connectivity index (χ0v) is 16.5. The molecular weight excluding hydrogens is 372 g/mol. The number of hydrazine groups is 1. The molecule has 0 saturated heterocycles. The molecule has 7 nitrogen and oxygen atoms in total. The maximum Gasteiger partial charge on any atom is 0.269 e. The van der Waals surface area contributed by atoms with E-state index in [1.54, 1.807) is 12.1 Å². The Bertz CT molecular complexity index is 654. The van der Waals surface area contributed by atoms with Crippen LogP contribution in [0.15, 0.2) is 29.2 Å². The molecule has 1 aliphatic rings. The third-order valence-electron chi connectivity index (χ3n) is 4.76. The number of carbonyl (C=O) groups is 1. The second-order valence-corrected chi connectivity index (χ2v) is 8.02. The fraction of sp³-hybridized carbons (Fsp3) is 0.529. The summed E-state index contributed by atoms with van der Waals surface area (Å²) in [5.41, 5.74) is 5.35. The fourth-order valence-corrected chi connectivity index (χ4v) is 3.87. The molecule has 0 spiro atoms. The van der Waals surface area contributed by atoms with Crippen LogP contribution in [0.2, 0.25) is 0 Å². The van der Waals surface area contributed by atoms with E-state index in [0.29, 0.717) is 23.0 Å². The minimum Gasteiger partial charge on any atom is -0.358 e. The molecule has 1 amide bonds. The van der Waals surface area contributed by atoms with Crippen molar-refractivity contribution in [3.8, 4) is 0 Å². The van der Waals surface area contributed by atoms with Gasteiger partial charge in [-0.05, 0) is 42.6 Å². The first-order valence-corrected chi connectivity index (χ1v) is 9.99. The van der Waals surface area contributed by atoms with Gasteiger partial charge in [-0.15, -0.1) is 11.8 Å². The predicted octanol–water partition coefficient (Wildman–Crippen LogP) is 3.01. The van der Waals surface area contributed by atoms with Crippen molar-refractivity contribution in [2.75, 3.05) is 5.75 Å². The lowest BCUT2D eigenvalue weighted by Gasteiger charge is -2.35. The second kappa shape index (κ2) is 9.72. The molecule has 26 heavy (non-hydrogen) atoms. The van der Waals surface area contributed by atoms with Gasteiger partial charge in [0.2, 0.25) is 5.91 Å². The minimum absolute atomic E-state index is 0.0307. The van der Waals surface area contributed by atoms with Crippen molar-refractivity contribution in [3.63, 3.8) is 0 Å². The molecule has 1 aromatic carbocycles. The van der Waals surface area contributed by atoms with Crippen molar-refractivity contribution >= 4 is 40.7 Å². The van der Waals surface area contributed by atoms with E-state index in [1.165, 1.54) is 36.7 Å². The smallest absolute Gasteiger partial charge is 0.269 e. The van der Waals surface area contributed by atoms with Crippen LogP contribution < -0.4 is 16.2 Å². The van der Waals surface area contributed by atoms with E-state index in [2.05, 4.69) is 30.0 Å². The van der Waals surface area contributed by atoms with E-state index in [4.69, 9.17) is 12.2 Å². The number of thioether (sulfide) groups is 1. The molecule has 0 aromatic heterocycles. The monoisotopic (exact) mass is 396 g/mol. The Balaban J connectivity index is 1.69. The number of nitro benzene ring substituents is 1. The average molecular weight is 397 g/mol. The molecule has 1 aromatic rings. The van der Waals surface area contributed by atoms with Crippen LogP contribution in [0.1, 0.15) is 33.1 Å². The number of rotatable bonds is 5. The molecule has 3 N–H and O–H groups in total. The lowest BCUT2D eigenvalue weighted by molar-refractivity contribution is -0.384. The Hall–Kier alpha value is -1.87. The number of non-ortho nitro benzene ring substituents is 1. The highest BCUT2D eigenvalue weighted by atomic mass is 32.2. The standard InChI is InChI=1S/C17H24N4O3S2/c1-11-4-3-5-15(12(11)2)18-17(25)20-19-16(22)10-26-14-8-6-13(7-9-14)21(23)24/h6-9,11-12,15H,3-5,10H2,1-2H3,(H,19,22)(H2,18,20,25)/t11-,12+,15+/m0/s1. The normalized spacial score (nSPS) is 22.3. The molecule has 1 saturated carbocycles. The summed E-state index contributed by atoms with van der Waals surface area (Å²) in [6.07, 6.45) is 3.51. The molecule has 3 atom stereocenters. The summed E-state index contributed by atoms with van der Waals surface area (Å²) < 4.78 is 0. The van der Waals surface area contributed by atoms with Gasteiger partial charge in [0.15, 0.2) is 5.11 Å². The van der Waals surface area contributed by atoms with E-state index in [9.17, 15) is 14.9 Å². The first kappa shape index (κ1) is 20.4. The van der Waals surface area contributed by atoms with Gasteiger partial charge < -0.3 is 5.32 Å². The van der Waals surface area contributed by atoms with Crippen LogP contribution in [0.25, 0.3) is 0 Å². The topological polar surface area (TPSA) is 96.3 Å². The molecular formula is C17H24N4O3S2. The molecule has 0 aliphatic heterocycles. The Morgan fingerprint density at radius 1 is 1.27 bits per heavy atom. The molecule has 9 heteroatoms. The number of amides is 1. The number of hydrogen-bond acceptors (Lipinski definition) is 5. The van der Waals surface area contributed by atoms with Crippen molar-refractivity contribution in [2.24, 2.45) is 11.8 Å². The zero-order valence-electron chi connectivity index (χ0n) is 14.9. The number of carbonyl (C=O) groups excluding carboxylic acids is 1. The summed E-state index contributed by atoms with van der Waals surface area (Å²) in [7, 11) is 0. The van der Waals surface area contributed by atoms with E-state index in [0.717, 1.165) is 11.3 Å². The van der Waals surface area contributed by atoms with E-state index in [-0.39, 0.29) is 17.3 Å². The van der Waals surface area contributed by atoms with Crippen LogP contribution in [0, 0.1) is 22.0 Å². The molecule has 0 heterocycles. The first-order valence-electron chi connectivity index (χ1n) is 8.59. The van der Waals surface area contributed by atoms with Gasteiger partial charge in [-0.25, -0.2) is 0 Å². The van der Waals surface area contributed by atoms with Gasteiger partial charge in [-0.1, -0.05) is 26.7 Å². The summed E-state index contributed by atoms with van der Waals surface area (Å²) in [5.74, 6) is 1.17. The average Bonchev–Trinajstić information content (AvgIpc) is 2.62. The van der Waals surface area contributed by atoms with Gasteiger partial charge in [0, 0.05) is 23.1 Å². The highest BCUT2D eigenvalue weighted by Gasteiger charge is 2.27. The summed E-state index contributed by atoms with van der Waals surface area (Å²) in [5, 5.41) is 14.3. The quantitative estimate of drug-likeness (QED) is 0.305. The van der Waals surface area contributed by atoms with Crippen LogP contribution in [0.3, 0.4) is 0 Å². The third kappa shape index (κ3) is 6.14. The van der Waals surface area contributed by atoms with Crippen molar-refractivity contribution in [1.82, 2.24) is 16.2 Å². The van der Waals surface area contributed by atoms with Crippen molar-refractivity contribution < 1.29 is 9.72 Å². The summed E-state index contributed by atoms with van der Waals surface area (Å²) in [6, 6.07) is 6.42. The Morgan fingerprint density at radius 3 is 2.62 bits per heavy atom. The third-order valence-corrected chi connectivity index (χ3v) is 5.99.